The lowest BCUT2D eigenvalue weighted by molar-refractivity contribution is 0.151. The van der Waals surface area contributed by atoms with E-state index in [0.717, 1.165) is 12.5 Å². The third-order valence-corrected chi connectivity index (χ3v) is 2.01. The van der Waals surface area contributed by atoms with Crippen LogP contribution in [0.15, 0.2) is 18.2 Å². The summed E-state index contributed by atoms with van der Waals surface area (Å²) >= 11 is 0. The number of nitrogens with two attached hydrogens (primary N) is 1. The lowest BCUT2D eigenvalue weighted by atomic mass is 10.1. The Labute approximate surface area is 81.4 Å². The summed E-state index contributed by atoms with van der Waals surface area (Å²) < 4.78 is 24.4. The lowest BCUT2D eigenvalue weighted by Crippen LogP contribution is -2.00. The SMILES string of the molecule is NCCCc1ccc(C(F)F)cc1O. The number of aryl methyl sites for hydroxylation is 1. The fraction of sp³-hybridized carbons (Fsp3) is 0.400. The second kappa shape index (κ2) is 4.91. The zero-order valence-corrected chi connectivity index (χ0v) is 7.71. The minimum atomic E-state index is -2.54. The molecule has 14 heavy (non-hydrogen) atoms. The van der Waals surface area contributed by atoms with Crippen LogP contribution in [0, 0.1) is 0 Å². The molecule has 0 heterocycles. The van der Waals surface area contributed by atoms with Gasteiger partial charge in [-0.1, -0.05) is 12.1 Å². The molecule has 3 N–H and O–H groups in total. The summed E-state index contributed by atoms with van der Waals surface area (Å²) in [5.41, 5.74) is 5.82. The zero-order chi connectivity index (χ0) is 10.6. The van der Waals surface area contributed by atoms with Gasteiger partial charge < -0.3 is 10.8 Å². The first-order valence-corrected chi connectivity index (χ1v) is 4.45. The van der Waals surface area contributed by atoms with E-state index in [9.17, 15) is 13.9 Å². The predicted molar refractivity (Wildman–Crippen MR) is 50.4 cm³/mol. The fourth-order valence-electron chi connectivity index (χ4n) is 1.22. The van der Waals surface area contributed by atoms with Gasteiger partial charge in [0.2, 0.25) is 0 Å². The summed E-state index contributed by atoms with van der Waals surface area (Å²) in [7, 11) is 0. The molecule has 0 bridgehead atoms. The van der Waals surface area contributed by atoms with Crippen molar-refractivity contribution in [3.8, 4) is 5.75 Å². The predicted octanol–water partition coefficient (Wildman–Crippen LogP) is 2.22. The molecular formula is C10H13F2NO. The van der Waals surface area contributed by atoms with Gasteiger partial charge >= 0.3 is 0 Å². The first-order chi connectivity index (χ1) is 6.65. The topological polar surface area (TPSA) is 46.2 Å². The molecule has 0 amide bonds. The van der Waals surface area contributed by atoms with Crippen LogP contribution in [0.5, 0.6) is 5.75 Å². The summed E-state index contributed by atoms with van der Waals surface area (Å²) in [5.74, 6) is -0.0729. The Balaban J connectivity index is 2.79. The maximum Gasteiger partial charge on any atom is 0.263 e. The van der Waals surface area contributed by atoms with E-state index in [2.05, 4.69) is 0 Å². The van der Waals surface area contributed by atoms with E-state index in [4.69, 9.17) is 5.73 Å². The Morgan fingerprint density at radius 3 is 2.57 bits per heavy atom. The molecule has 1 aromatic rings. The van der Waals surface area contributed by atoms with Gasteiger partial charge in [0.1, 0.15) is 5.75 Å². The molecule has 0 aliphatic carbocycles. The molecule has 0 aliphatic heterocycles. The van der Waals surface area contributed by atoms with Crippen molar-refractivity contribution in [2.24, 2.45) is 5.73 Å². The van der Waals surface area contributed by atoms with Crippen LogP contribution in [0.1, 0.15) is 24.0 Å². The Morgan fingerprint density at radius 1 is 1.36 bits per heavy atom. The Bertz CT molecular complexity index is 302. The fourth-order valence-corrected chi connectivity index (χ4v) is 1.22. The molecule has 2 nitrogen and oxygen atoms in total. The van der Waals surface area contributed by atoms with Crippen molar-refractivity contribution in [1.29, 1.82) is 0 Å². The first kappa shape index (κ1) is 10.9. The second-order valence-electron chi connectivity index (χ2n) is 3.08. The molecule has 0 unspecified atom stereocenters. The van der Waals surface area contributed by atoms with E-state index in [0.29, 0.717) is 18.5 Å². The molecule has 1 aromatic carbocycles. The van der Waals surface area contributed by atoms with Crippen LogP contribution in [0.25, 0.3) is 0 Å². The molecule has 78 valence electrons. The van der Waals surface area contributed by atoms with E-state index >= 15 is 0 Å². The summed E-state index contributed by atoms with van der Waals surface area (Å²) in [5, 5.41) is 9.39. The van der Waals surface area contributed by atoms with Crippen molar-refractivity contribution >= 4 is 0 Å². The maximum absolute atomic E-state index is 12.2. The molecule has 0 saturated heterocycles. The quantitative estimate of drug-likeness (QED) is 0.784. The van der Waals surface area contributed by atoms with Crippen LogP contribution in [-0.2, 0) is 6.42 Å². The van der Waals surface area contributed by atoms with Gasteiger partial charge in [0.25, 0.3) is 6.43 Å². The Hall–Kier alpha value is -1.16. The summed E-state index contributed by atoms with van der Waals surface area (Å²) in [6.45, 7) is 0.524. The summed E-state index contributed by atoms with van der Waals surface area (Å²) in [6, 6.07) is 3.96. The number of hydrogen-bond acceptors (Lipinski definition) is 2. The van der Waals surface area contributed by atoms with Crippen LogP contribution >= 0.6 is 0 Å². The Morgan fingerprint density at radius 2 is 2.07 bits per heavy atom. The molecule has 0 spiro atoms. The average molecular weight is 201 g/mol. The third kappa shape index (κ3) is 2.67. The highest BCUT2D eigenvalue weighted by molar-refractivity contribution is 5.36. The second-order valence-corrected chi connectivity index (χ2v) is 3.08. The van der Waals surface area contributed by atoms with E-state index in [1.54, 1.807) is 0 Å². The summed E-state index contributed by atoms with van der Waals surface area (Å²) in [6.07, 6.45) is -1.18. The molecule has 0 fully saturated rings. The number of hydrogen-bond donors (Lipinski definition) is 2. The highest BCUT2D eigenvalue weighted by Crippen LogP contribution is 2.26. The highest BCUT2D eigenvalue weighted by atomic mass is 19.3. The standard InChI is InChI=1S/C10H13F2NO/c11-10(12)8-4-3-7(2-1-5-13)9(14)6-8/h3-4,6,10,14H,1-2,5,13H2. The van der Waals surface area contributed by atoms with Gasteiger partial charge in [0, 0.05) is 5.56 Å². The lowest BCUT2D eigenvalue weighted by Gasteiger charge is -2.06. The molecule has 1 rings (SSSR count). The number of halogens is 2. The minimum absolute atomic E-state index is 0.0729. The number of rotatable bonds is 4. The Kier molecular flexibility index (Phi) is 3.83. The number of phenolic OH excluding ortho intramolecular Hbond substituents is 1. The highest BCUT2D eigenvalue weighted by Gasteiger charge is 2.09. The van der Waals surface area contributed by atoms with Crippen molar-refractivity contribution in [2.45, 2.75) is 19.3 Å². The van der Waals surface area contributed by atoms with Crippen molar-refractivity contribution in [1.82, 2.24) is 0 Å². The number of aromatic hydroxyl groups is 1. The first-order valence-electron chi connectivity index (χ1n) is 4.45. The van der Waals surface area contributed by atoms with E-state index < -0.39 is 6.43 Å². The average Bonchev–Trinajstić information content (AvgIpc) is 2.15. The van der Waals surface area contributed by atoms with Crippen LogP contribution in [0.4, 0.5) is 8.78 Å². The van der Waals surface area contributed by atoms with Crippen molar-refractivity contribution in [2.75, 3.05) is 6.54 Å². The van der Waals surface area contributed by atoms with Crippen molar-refractivity contribution in [3.63, 3.8) is 0 Å². The molecule has 0 aliphatic rings. The zero-order valence-electron chi connectivity index (χ0n) is 7.71. The summed E-state index contributed by atoms with van der Waals surface area (Å²) in [4.78, 5) is 0. The van der Waals surface area contributed by atoms with Crippen LogP contribution in [0.2, 0.25) is 0 Å². The number of phenols is 1. The van der Waals surface area contributed by atoms with Gasteiger partial charge in [-0.25, -0.2) is 8.78 Å². The van der Waals surface area contributed by atoms with Crippen LogP contribution < -0.4 is 5.73 Å². The van der Waals surface area contributed by atoms with Gasteiger partial charge in [-0.3, -0.25) is 0 Å². The van der Waals surface area contributed by atoms with E-state index in [1.807, 2.05) is 0 Å². The van der Waals surface area contributed by atoms with Gasteiger partial charge in [-0.15, -0.1) is 0 Å². The number of alkyl halides is 2. The van der Waals surface area contributed by atoms with Gasteiger partial charge in [-0.2, -0.15) is 0 Å². The molecule has 0 saturated carbocycles. The number of benzene rings is 1. The monoisotopic (exact) mass is 201 g/mol. The maximum atomic E-state index is 12.2. The largest absolute Gasteiger partial charge is 0.508 e. The van der Waals surface area contributed by atoms with Crippen LogP contribution in [0.3, 0.4) is 0 Å². The third-order valence-electron chi connectivity index (χ3n) is 2.01. The minimum Gasteiger partial charge on any atom is -0.508 e. The van der Waals surface area contributed by atoms with Crippen molar-refractivity contribution < 1.29 is 13.9 Å². The van der Waals surface area contributed by atoms with E-state index in [-0.39, 0.29) is 11.3 Å². The molecule has 0 atom stereocenters. The van der Waals surface area contributed by atoms with Gasteiger partial charge in [-0.05, 0) is 31.0 Å². The molecular weight excluding hydrogens is 188 g/mol. The van der Waals surface area contributed by atoms with Crippen molar-refractivity contribution in [3.05, 3.63) is 29.3 Å². The smallest absolute Gasteiger partial charge is 0.263 e. The molecule has 0 radical (unpaired) electrons. The molecule has 4 heteroatoms. The van der Waals surface area contributed by atoms with Gasteiger partial charge in [0.05, 0.1) is 0 Å². The van der Waals surface area contributed by atoms with E-state index in [1.165, 1.54) is 12.1 Å². The van der Waals surface area contributed by atoms with Crippen LogP contribution in [-0.4, -0.2) is 11.7 Å². The van der Waals surface area contributed by atoms with Gasteiger partial charge in [0.15, 0.2) is 0 Å². The molecule has 0 aromatic heterocycles. The normalized spacial score (nSPS) is 10.9.